The molecule has 3 rings (SSSR count). The molecule has 2 heterocycles. The smallest absolute Gasteiger partial charge is 0.339 e. The summed E-state index contributed by atoms with van der Waals surface area (Å²) >= 11 is 0. The Morgan fingerprint density at radius 1 is 1.24 bits per heavy atom. The Labute approximate surface area is 122 Å². The van der Waals surface area contributed by atoms with Crippen LogP contribution < -0.4 is 4.90 Å². The molecule has 0 unspecified atom stereocenters. The molecule has 2 aromatic rings. The number of esters is 1. The zero-order valence-corrected chi connectivity index (χ0v) is 11.6. The van der Waals surface area contributed by atoms with Crippen molar-refractivity contribution in [1.82, 2.24) is 4.98 Å². The van der Waals surface area contributed by atoms with Crippen molar-refractivity contribution in [3.05, 3.63) is 59.3 Å². The molecular formula is C16H14N2O3. The fourth-order valence-electron chi connectivity index (χ4n) is 2.43. The molecule has 5 heteroatoms. The Hall–Kier alpha value is -2.69. The fraction of sp³-hybridized carbons (Fsp3) is 0.188. The number of methoxy groups -OCH3 is 1. The lowest BCUT2D eigenvalue weighted by Crippen LogP contribution is -2.38. The zero-order chi connectivity index (χ0) is 14.8. The summed E-state index contributed by atoms with van der Waals surface area (Å²) in [7, 11) is 1.32. The number of hydrogen-bond acceptors (Lipinski definition) is 4. The number of hydrogen-bond donors (Lipinski definition) is 0. The number of amides is 1. The van der Waals surface area contributed by atoms with Gasteiger partial charge in [-0.15, -0.1) is 0 Å². The molecule has 0 aliphatic carbocycles. The molecule has 1 amide bonds. The number of carbonyl (C=O) groups is 2. The van der Waals surface area contributed by atoms with Gasteiger partial charge in [-0.3, -0.25) is 9.69 Å². The van der Waals surface area contributed by atoms with E-state index in [0.29, 0.717) is 23.5 Å². The third-order valence-electron chi connectivity index (χ3n) is 3.54. The number of ether oxygens (including phenoxy) is 1. The van der Waals surface area contributed by atoms with Crippen molar-refractivity contribution in [2.24, 2.45) is 0 Å². The largest absolute Gasteiger partial charge is 0.465 e. The van der Waals surface area contributed by atoms with Gasteiger partial charge in [0.05, 0.1) is 12.7 Å². The SMILES string of the molecule is COC(=O)c1ccc(N2CCc3ccccc3C2=O)nc1. The number of aromatic nitrogens is 1. The van der Waals surface area contributed by atoms with Crippen LogP contribution in [0.2, 0.25) is 0 Å². The number of nitrogens with zero attached hydrogens (tertiary/aromatic N) is 2. The standard InChI is InChI=1S/C16H14N2O3/c1-21-16(20)12-6-7-14(17-10-12)18-9-8-11-4-2-3-5-13(11)15(18)19/h2-7,10H,8-9H2,1H3. The van der Waals surface area contributed by atoms with E-state index in [2.05, 4.69) is 9.72 Å². The molecule has 1 aliphatic heterocycles. The second-order valence-corrected chi connectivity index (χ2v) is 4.76. The van der Waals surface area contributed by atoms with Crippen LogP contribution in [-0.4, -0.2) is 30.5 Å². The van der Waals surface area contributed by atoms with Crippen molar-refractivity contribution in [2.45, 2.75) is 6.42 Å². The molecule has 1 aliphatic rings. The predicted octanol–water partition coefficient (Wildman–Crippen LogP) is 2.07. The van der Waals surface area contributed by atoms with Crippen molar-refractivity contribution in [1.29, 1.82) is 0 Å². The minimum atomic E-state index is -0.440. The van der Waals surface area contributed by atoms with Crippen LogP contribution in [-0.2, 0) is 11.2 Å². The minimum absolute atomic E-state index is 0.0600. The van der Waals surface area contributed by atoms with E-state index < -0.39 is 5.97 Å². The lowest BCUT2D eigenvalue weighted by atomic mass is 9.99. The van der Waals surface area contributed by atoms with Crippen LogP contribution in [0.5, 0.6) is 0 Å². The quantitative estimate of drug-likeness (QED) is 0.791. The van der Waals surface area contributed by atoms with Crippen molar-refractivity contribution in [2.75, 3.05) is 18.6 Å². The summed E-state index contributed by atoms with van der Waals surface area (Å²) in [5.74, 6) is 0.0432. The first-order valence-electron chi connectivity index (χ1n) is 6.65. The maximum absolute atomic E-state index is 12.5. The van der Waals surface area contributed by atoms with Crippen molar-refractivity contribution >= 4 is 17.7 Å². The van der Waals surface area contributed by atoms with Crippen molar-refractivity contribution in [3.8, 4) is 0 Å². The summed E-state index contributed by atoms with van der Waals surface area (Å²) in [6.07, 6.45) is 2.22. The molecule has 21 heavy (non-hydrogen) atoms. The molecule has 106 valence electrons. The van der Waals surface area contributed by atoms with Gasteiger partial charge in [0, 0.05) is 18.3 Å². The molecule has 0 bridgehead atoms. The second-order valence-electron chi connectivity index (χ2n) is 4.76. The summed E-state index contributed by atoms with van der Waals surface area (Å²) in [4.78, 5) is 29.7. The highest BCUT2D eigenvalue weighted by molar-refractivity contribution is 6.07. The summed E-state index contributed by atoms with van der Waals surface area (Å²) in [6.45, 7) is 0.584. The van der Waals surface area contributed by atoms with E-state index in [0.717, 1.165) is 12.0 Å². The maximum Gasteiger partial charge on any atom is 0.339 e. The number of pyridine rings is 1. The molecule has 0 atom stereocenters. The minimum Gasteiger partial charge on any atom is -0.465 e. The van der Waals surface area contributed by atoms with Crippen LogP contribution in [0.25, 0.3) is 0 Å². The Kier molecular flexibility index (Phi) is 3.39. The Bertz CT molecular complexity index is 695. The Morgan fingerprint density at radius 3 is 2.76 bits per heavy atom. The van der Waals surface area contributed by atoms with Gasteiger partial charge in [0.15, 0.2) is 0 Å². The van der Waals surface area contributed by atoms with Crippen LogP contribution in [0, 0.1) is 0 Å². The number of fused-ring (bicyclic) bond motifs is 1. The normalized spacial score (nSPS) is 13.8. The molecule has 5 nitrogen and oxygen atoms in total. The van der Waals surface area contributed by atoms with E-state index in [9.17, 15) is 9.59 Å². The van der Waals surface area contributed by atoms with Gasteiger partial charge in [0.25, 0.3) is 5.91 Å². The number of rotatable bonds is 2. The molecule has 1 aromatic carbocycles. The van der Waals surface area contributed by atoms with Crippen molar-refractivity contribution < 1.29 is 14.3 Å². The topological polar surface area (TPSA) is 59.5 Å². The Balaban J connectivity index is 1.89. The van der Waals surface area contributed by atoms with Gasteiger partial charge in [-0.05, 0) is 30.2 Å². The first-order chi connectivity index (χ1) is 10.2. The summed E-state index contributed by atoms with van der Waals surface area (Å²) in [5, 5.41) is 0. The Morgan fingerprint density at radius 2 is 2.05 bits per heavy atom. The van der Waals surface area contributed by atoms with Gasteiger partial charge in [-0.25, -0.2) is 9.78 Å². The second kappa shape index (κ2) is 5.36. The van der Waals surface area contributed by atoms with Crippen LogP contribution in [0.1, 0.15) is 26.3 Å². The molecule has 0 radical (unpaired) electrons. The van der Waals surface area contributed by atoms with E-state index in [1.54, 1.807) is 17.0 Å². The average Bonchev–Trinajstić information content (AvgIpc) is 2.55. The summed E-state index contributed by atoms with van der Waals surface area (Å²) in [6, 6.07) is 10.9. The van der Waals surface area contributed by atoms with E-state index in [4.69, 9.17) is 0 Å². The van der Waals surface area contributed by atoms with E-state index in [1.165, 1.54) is 13.3 Å². The highest BCUT2D eigenvalue weighted by atomic mass is 16.5. The third kappa shape index (κ3) is 2.38. The molecule has 0 saturated carbocycles. The molecule has 0 saturated heterocycles. The first-order valence-corrected chi connectivity index (χ1v) is 6.65. The van der Waals surface area contributed by atoms with Crippen LogP contribution >= 0.6 is 0 Å². The van der Waals surface area contributed by atoms with Gasteiger partial charge in [-0.1, -0.05) is 18.2 Å². The van der Waals surface area contributed by atoms with Gasteiger partial charge in [-0.2, -0.15) is 0 Å². The first kappa shape index (κ1) is 13.3. The molecule has 0 fully saturated rings. The summed E-state index contributed by atoms with van der Waals surface area (Å²) < 4.78 is 4.63. The third-order valence-corrected chi connectivity index (χ3v) is 3.54. The van der Waals surface area contributed by atoms with Gasteiger partial charge in [0.2, 0.25) is 0 Å². The fourth-order valence-corrected chi connectivity index (χ4v) is 2.43. The monoisotopic (exact) mass is 282 g/mol. The number of anilines is 1. The van der Waals surface area contributed by atoms with E-state index in [-0.39, 0.29) is 5.91 Å². The molecular weight excluding hydrogens is 268 g/mol. The molecule has 0 spiro atoms. The maximum atomic E-state index is 12.5. The molecule has 1 aromatic heterocycles. The van der Waals surface area contributed by atoms with Crippen LogP contribution in [0.3, 0.4) is 0 Å². The lowest BCUT2D eigenvalue weighted by Gasteiger charge is -2.27. The van der Waals surface area contributed by atoms with Crippen LogP contribution in [0.15, 0.2) is 42.6 Å². The van der Waals surface area contributed by atoms with Crippen LogP contribution in [0.4, 0.5) is 5.82 Å². The molecule has 0 N–H and O–H groups in total. The highest BCUT2D eigenvalue weighted by Gasteiger charge is 2.25. The lowest BCUT2D eigenvalue weighted by molar-refractivity contribution is 0.0600. The average molecular weight is 282 g/mol. The summed E-state index contributed by atoms with van der Waals surface area (Å²) in [5.41, 5.74) is 2.14. The van der Waals surface area contributed by atoms with Crippen molar-refractivity contribution in [3.63, 3.8) is 0 Å². The van der Waals surface area contributed by atoms with Gasteiger partial charge >= 0.3 is 5.97 Å². The van der Waals surface area contributed by atoms with E-state index in [1.807, 2.05) is 24.3 Å². The van der Waals surface area contributed by atoms with Gasteiger partial charge < -0.3 is 4.74 Å². The number of carbonyl (C=O) groups excluding carboxylic acids is 2. The highest BCUT2D eigenvalue weighted by Crippen LogP contribution is 2.23. The number of benzene rings is 1. The zero-order valence-electron chi connectivity index (χ0n) is 11.6. The predicted molar refractivity (Wildman–Crippen MR) is 77.4 cm³/mol. The van der Waals surface area contributed by atoms with E-state index >= 15 is 0 Å². The van der Waals surface area contributed by atoms with Gasteiger partial charge in [0.1, 0.15) is 5.82 Å².